The van der Waals surface area contributed by atoms with E-state index in [0.29, 0.717) is 23.7 Å². The van der Waals surface area contributed by atoms with Gasteiger partial charge >= 0.3 is 0 Å². The number of unbranched alkanes of at least 4 members (excludes halogenated alkanes) is 1. The van der Waals surface area contributed by atoms with E-state index in [0.717, 1.165) is 5.56 Å². The van der Waals surface area contributed by atoms with Crippen molar-refractivity contribution in [3.63, 3.8) is 0 Å². The number of benzene rings is 1. The normalized spacial score (nSPS) is 11.4. The molecular weight excluding hydrogens is 274 g/mol. The van der Waals surface area contributed by atoms with Crippen LogP contribution in [0.3, 0.4) is 0 Å². The van der Waals surface area contributed by atoms with Gasteiger partial charge in [0.15, 0.2) is 0 Å². The van der Waals surface area contributed by atoms with Crippen molar-refractivity contribution in [2.24, 2.45) is 0 Å². The van der Waals surface area contributed by atoms with Gasteiger partial charge in [-0.3, -0.25) is 4.98 Å². The summed E-state index contributed by atoms with van der Waals surface area (Å²) in [5.74, 6) is 0. The Labute approximate surface area is 118 Å². The molecule has 0 aliphatic heterocycles. The van der Waals surface area contributed by atoms with Crippen LogP contribution in [0, 0.1) is 18.3 Å². The van der Waals surface area contributed by atoms with Crippen molar-refractivity contribution < 1.29 is 8.42 Å². The van der Waals surface area contributed by atoms with Crippen molar-refractivity contribution in [2.75, 3.05) is 6.54 Å². The minimum atomic E-state index is -3.58. The predicted octanol–water partition coefficient (Wildman–Crippen LogP) is 2.13. The summed E-state index contributed by atoms with van der Waals surface area (Å²) in [4.78, 5) is 4.45. The third-order valence-electron chi connectivity index (χ3n) is 2.98. The van der Waals surface area contributed by atoms with Crippen LogP contribution in [-0.4, -0.2) is 19.9 Å². The number of sulfonamides is 1. The average Bonchev–Trinajstić information content (AvgIpc) is 2.44. The number of nitrogens with zero attached hydrogens (tertiary/aromatic N) is 2. The zero-order chi connectivity index (χ0) is 14.6. The van der Waals surface area contributed by atoms with Crippen LogP contribution in [-0.2, 0) is 10.0 Å². The number of nitriles is 1. The minimum absolute atomic E-state index is 0.225. The topological polar surface area (TPSA) is 82.9 Å². The molecule has 104 valence electrons. The molecule has 1 aromatic carbocycles. The lowest BCUT2D eigenvalue weighted by atomic mass is 10.1. The van der Waals surface area contributed by atoms with Crippen LogP contribution in [0.2, 0.25) is 0 Å². The molecule has 0 spiro atoms. The lowest BCUT2D eigenvalue weighted by Gasteiger charge is -2.10. The Balaban J connectivity index is 2.38. The maximum absolute atomic E-state index is 12.3. The second-order valence-electron chi connectivity index (χ2n) is 4.44. The second kappa shape index (κ2) is 5.99. The van der Waals surface area contributed by atoms with Gasteiger partial charge in [0.1, 0.15) is 0 Å². The van der Waals surface area contributed by atoms with Crippen LogP contribution in [0.15, 0.2) is 35.4 Å². The number of fused-ring (bicyclic) bond motifs is 1. The van der Waals surface area contributed by atoms with E-state index in [-0.39, 0.29) is 11.4 Å². The Hall–Kier alpha value is -1.97. The van der Waals surface area contributed by atoms with Crippen molar-refractivity contribution in [3.8, 4) is 6.07 Å². The van der Waals surface area contributed by atoms with Crippen molar-refractivity contribution in [1.29, 1.82) is 5.26 Å². The molecule has 0 bridgehead atoms. The molecule has 0 atom stereocenters. The molecule has 0 fully saturated rings. The number of hydrogen-bond donors (Lipinski definition) is 1. The van der Waals surface area contributed by atoms with Crippen molar-refractivity contribution in [2.45, 2.75) is 24.7 Å². The fraction of sp³-hybridized carbons (Fsp3) is 0.286. The van der Waals surface area contributed by atoms with Gasteiger partial charge < -0.3 is 0 Å². The second-order valence-corrected chi connectivity index (χ2v) is 6.17. The summed E-state index contributed by atoms with van der Waals surface area (Å²) in [6.07, 6.45) is 2.47. The van der Waals surface area contributed by atoms with Gasteiger partial charge in [-0.2, -0.15) is 5.26 Å². The summed E-state index contributed by atoms with van der Waals surface area (Å²) in [6, 6.07) is 8.79. The molecule has 20 heavy (non-hydrogen) atoms. The van der Waals surface area contributed by atoms with Crippen LogP contribution in [0.1, 0.15) is 18.4 Å². The summed E-state index contributed by atoms with van der Waals surface area (Å²) in [5.41, 5.74) is 1.62. The number of pyridine rings is 1. The van der Waals surface area contributed by atoms with E-state index in [1.165, 1.54) is 0 Å². The van der Waals surface area contributed by atoms with E-state index in [1.807, 2.05) is 13.0 Å². The molecule has 2 aromatic rings. The maximum Gasteiger partial charge on any atom is 0.241 e. The number of hydrogen-bond acceptors (Lipinski definition) is 4. The van der Waals surface area contributed by atoms with Crippen LogP contribution in [0.4, 0.5) is 0 Å². The van der Waals surface area contributed by atoms with Gasteiger partial charge in [-0.25, -0.2) is 13.1 Å². The first-order valence-corrected chi connectivity index (χ1v) is 7.75. The molecule has 0 saturated heterocycles. The zero-order valence-corrected chi connectivity index (χ0v) is 11.9. The van der Waals surface area contributed by atoms with Gasteiger partial charge in [0.25, 0.3) is 0 Å². The molecule has 0 aliphatic carbocycles. The largest absolute Gasteiger partial charge is 0.256 e. The van der Waals surface area contributed by atoms with E-state index >= 15 is 0 Å². The number of rotatable bonds is 5. The standard InChI is InChI=1S/C14H15N3O2S/c1-11-6-7-13(12-5-4-9-16-14(11)12)20(18,19)17-10-3-2-8-15/h4-7,9,17H,2-3,10H2,1H3. The van der Waals surface area contributed by atoms with Gasteiger partial charge in [-0.15, -0.1) is 0 Å². The Bertz CT molecular complexity index is 764. The first kappa shape index (κ1) is 14.4. The van der Waals surface area contributed by atoms with Crippen LogP contribution in [0.5, 0.6) is 0 Å². The highest BCUT2D eigenvalue weighted by Crippen LogP contribution is 2.23. The molecule has 0 unspecified atom stereocenters. The Kier molecular flexibility index (Phi) is 4.32. The SMILES string of the molecule is Cc1ccc(S(=O)(=O)NCCCC#N)c2cccnc12. The smallest absolute Gasteiger partial charge is 0.241 e. The highest BCUT2D eigenvalue weighted by Gasteiger charge is 2.17. The van der Waals surface area contributed by atoms with Gasteiger partial charge in [-0.1, -0.05) is 6.07 Å². The summed E-state index contributed by atoms with van der Waals surface area (Å²) >= 11 is 0. The number of aromatic nitrogens is 1. The quantitative estimate of drug-likeness (QED) is 0.855. The van der Waals surface area contributed by atoms with Gasteiger partial charge in [0.05, 0.1) is 16.5 Å². The summed E-state index contributed by atoms with van der Waals surface area (Å²) in [5, 5.41) is 9.06. The van der Waals surface area contributed by atoms with Crippen molar-refractivity contribution in [3.05, 3.63) is 36.0 Å². The van der Waals surface area contributed by atoms with Gasteiger partial charge in [0.2, 0.25) is 10.0 Å². The Morgan fingerprint density at radius 3 is 2.90 bits per heavy atom. The van der Waals surface area contributed by atoms with E-state index < -0.39 is 10.0 Å². The Morgan fingerprint density at radius 1 is 1.35 bits per heavy atom. The molecule has 0 aliphatic rings. The summed E-state index contributed by atoms with van der Waals surface area (Å²) in [6.45, 7) is 2.15. The van der Waals surface area contributed by atoms with Crippen molar-refractivity contribution in [1.82, 2.24) is 9.71 Å². The fourth-order valence-corrected chi connectivity index (χ4v) is 3.24. The molecule has 2 rings (SSSR count). The Morgan fingerprint density at radius 2 is 2.15 bits per heavy atom. The summed E-state index contributed by atoms with van der Waals surface area (Å²) in [7, 11) is -3.58. The molecule has 5 nitrogen and oxygen atoms in total. The number of nitrogens with one attached hydrogen (secondary N) is 1. The summed E-state index contributed by atoms with van der Waals surface area (Å²) < 4.78 is 27.1. The zero-order valence-electron chi connectivity index (χ0n) is 11.1. The van der Waals surface area contributed by atoms with E-state index in [4.69, 9.17) is 5.26 Å². The minimum Gasteiger partial charge on any atom is -0.256 e. The molecule has 0 radical (unpaired) electrons. The predicted molar refractivity (Wildman–Crippen MR) is 76.5 cm³/mol. The van der Waals surface area contributed by atoms with E-state index in [1.54, 1.807) is 30.5 Å². The first-order chi connectivity index (χ1) is 9.56. The highest BCUT2D eigenvalue weighted by atomic mass is 32.2. The molecule has 1 heterocycles. The van der Waals surface area contributed by atoms with Crippen molar-refractivity contribution >= 4 is 20.9 Å². The highest BCUT2D eigenvalue weighted by molar-refractivity contribution is 7.89. The lowest BCUT2D eigenvalue weighted by molar-refractivity contribution is 0.580. The lowest BCUT2D eigenvalue weighted by Crippen LogP contribution is -2.25. The van der Waals surface area contributed by atoms with Gasteiger partial charge in [0, 0.05) is 24.5 Å². The first-order valence-electron chi connectivity index (χ1n) is 6.27. The molecule has 1 N–H and O–H groups in total. The number of aryl methyl sites for hydroxylation is 1. The fourth-order valence-electron chi connectivity index (χ4n) is 1.97. The third-order valence-corrected chi connectivity index (χ3v) is 4.50. The average molecular weight is 289 g/mol. The molecule has 0 amide bonds. The molecule has 0 saturated carbocycles. The van der Waals surface area contributed by atoms with E-state index in [2.05, 4.69) is 9.71 Å². The monoisotopic (exact) mass is 289 g/mol. The van der Waals surface area contributed by atoms with Gasteiger partial charge in [-0.05, 0) is 37.1 Å². The van der Waals surface area contributed by atoms with Crippen LogP contribution in [0.25, 0.3) is 10.9 Å². The van der Waals surface area contributed by atoms with E-state index in [9.17, 15) is 8.42 Å². The van der Waals surface area contributed by atoms with Crippen LogP contribution < -0.4 is 4.72 Å². The third kappa shape index (κ3) is 2.95. The molecule has 1 aromatic heterocycles. The maximum atomic E-state index is 12.3. The molecular formula is C14H15N3O2S. The van der Waals surface area contributed by atoms with Crippen LogP contribution >= 0.6 is 0 Å². The molecule has 6 heteroatoms.